The highest BCUT2D eigenvalue weighted by molar-refractivity contribution is 5.79. The first-order valence-corrected chi connectivity index (χ1v) is 8.76. The van der Waals surface area contributed by atoms with Gasteiger partial charge in [0.25, 0.3) is 5.56 Å². The number of fused-ring (bicyclic) bond motifs is 1. The van der Waals surface area contributed by atoms with Crippen molar-refractivity contribution < 1.29 is 4.79 Å². The molecule has 1 atom stereocenters. The Labute approximate surface area is 152 Å². The highest BCUT2D eigenvalue weighted by atomic mass is 16.2. The van der Waals surface area contributed by atoms with E-state index < -0.39 is 0 Å². The molecule has 0 saturated heterocycles. The molecule has 26 heavy (non-hydrogen) atoms. The van der Waals surface area contributed by atoms with Crippen LogP contribution in [0.25, 0.3) is 10.9 Å². The topological polar surface area (TPSA) is 64.0 Å². The minimum atomic E-state index is -0.205. The van der Waals surface area contributed by atoms with Gasteiger partial charge in [0.05, 0.1) is 23.3 Å². The average molecular weight is 349 g/mol. The van der Waals surface area contributed by atoms with Crippen LogP contribution in [-0.2, 0) is 11.3 Å². The summed E-state index contributed by atoms with van der Waals surface area (Å²) in [5.41, 5.74) is 2.48. The Kier molecular flexibility index (Phi) is 5.16. The number of carbonyl (C=O) groups excluding carboxylic acids is 1. The zero-order chi connectivity index (χ0) is 18.7. The second-order valence-corrected chi connectivity index (χ2v) is 6.90. The predicted octanol–water partition coefficient (Wildman–Crippen LogP) is 3.22. The fraction of sp³-hybridized carbons (Fsp3) is 0.286. The van der Waals surface area contributed by atoms with Crippen LogP contribution >= 0.6 is 0 Å². The number of hydrogen-bond donors (Lipinski definition) is 1. The molecule has 3 rings (SSSR count). The van der Waals surface area contributed by atoms with E-state index in [-0.39, 0.29) is 30.0 Å². The lowest BCUT2D eigenvalue weighted by Gasteiger charge is -2.23. The Balaban J connectivity index is 1.82. The maximum atomic E-state index is 12.6. The maximum absolute atomic E-state index is 12.6. The van der Waals surface area contributed by atoms with Crippen LogP contribution in [0.2, 0.25) is 0 Å². The van der Waals surface area contributed by atoms with Gasteiger partial charge < -0.3 is 5.32 Å². The van der Waals surface area contributed by atoms with Gasteiger partial charge >= 0.3 is 0 Å². The smallest absolute Gasteiger partial charge is 0.261 e. The Morgan fingerprint density at radius 1 is 1.15 bits per heavy atom. The first-order valence-electron chi connectivity index (χ1n) is 8.76. The summed E-state index contributed by atoms with van der Waals surface area (Å²) in [6, 6.07) is 15.3. The second kappa shape index (κ2) is 7.52. The molecule has 1 heterocycles. The summed E-state index contributed by atoms with van der Waals surface area (Å²) in [5.74, 6) is 0.0268. The SMILES string of the molecule is Cc1ccc2ncn(CC(=O)NC(c3ccccc3)C(C)C)c(=O)c2c1. The van der Waals surface area contributed by atoms with Crippen LogP contribution < -0.4 is 10.9 Å². The summed E-state index contributed by atoms with van der Waals surface area (Å²) in [5, 5.41) is 3.57. The van der Waals surface area contributed by atoms with E-state index in [1.54, 1.807) is 6.07 Å². The van der Waals surface area contributed by atoms with Crippen LogP contribution in [-0.4, -0.2) is 15.5 Å². The molecule has 0 bridgehead atoms. The molecule has 0 saturated carbocycles. The molecule has 0 aliphatic heterocycles. The number of amides is 1. The Hall–Kier alpha value is -2.95. The third-order valence-electron chi connectivity index (χ3n) is 4.44. The quantitative estimate of drug-likeness (QED) is 0.769. The first kappa shape index (κ1) is 17.9. The number of aryl methyl sites for hydroxylation is 1. The molecule has 0 aliphatic carbocycles. The standard InChI is InChI=1S/C21H23N3O2/c1-14(2)20(16-7-5-4-6-8-16)23-19(25)12-24-13-22-18-10-9-15(3)11-17(18)21(24)26/h4-11,13-14,20H,12H2,1-3H3,(H,23,25). The minimum Gasteiger partial charge on any atom is -0.347 e. The van der Waals surface area contributed by atoms with Gasteiger partial charge in [0.2, 0.25) is 5.91 Å². The zero-order valence-corrected chi connectivity index (χ0v) is 15.3. The summed E-state index contributed by atoms with van der Waals surface area (Å²) < 4.78 is 1.36. The normalized spacial score (nSPS) is 12.3. The van der Waals surface area contributed by atoms with Gasteiger partial charge in [0.15, 0.2) is 0 Å². The highest BCUT2D eigenvalue weighted by Crippen LogP contribution is 2.21. The predicted molar refractivity (Wildman–Crippen MR) is 103 cm³/mol. The van der Waals surface area contributed by atoms with Crippen molar-refractivity contribution >= 4 is 16.8 Å². The van der Waals surface area contributed by atoms with Crippen molar-refractivity contribution in [2.24, 2.45) is 5.92 Å². The van der Waals surface area contributed by atoms with E-state index in [2.05, 4.69) is 24.1 Å². The monoisotopic (exact) mass is 349 g/mol. The molecule has 0 fully saturated rings. The average Bonchev–Trinajstić information content (AvgIpc) is 2.63. The van der Waals surface area contributed by atoms with E-state index in [4.69, 9.17) is 0 Å². The molecule has 1 amide bonds. The summed E-state index contributed by atoms with van der Waals surface area (Å²) in [6.45, 7) is 6.00. The molecule has 1 aromatic heterocycles. The fourth-order valence-electron chi connectivity index (χ4n) is 3.05. The minimum absolute atomic E-state index is 0.0498. The van der Waals surface area contributed by atoms with Crippen molar-refractivity contribution in [1.29, 1.82) is 0 Å². The third-order valence-corrected chi connectivity index (χ3v) is 4.44. The summed E-state index contributed by atoms with van der Waals surface area (Å²) >= 11 is 0. The molecule has 0 spiro atoms. The lowest BCUT2D eigenvalue weighted by Crippen LogP contribution is -2.36. The summed E-state index contributed by atoms with van der Waals surface area (Å²) in [6.07, 6.45) is 1.44. The van der Waals surface area contributed by atoms with Crippen molar-refractivity contribution in [2.45, 2.75) is 33.4 Å². The maximum Gasteiger partial charge on any atom is 0.261 e. The van der Waals surface area contributed by atoms with Crippen LogP contribution in [0.3, 0.4) is 0 Å². The molecule has 5 heteroatoms. The summed E-state index contributed by atoms with van der Waals surface area (Å²) in [4.78, 5) is 29.5. The van der Waals surface area contributed by atoms with Crippen LogP contribution in [0.15, 0.2) is 59.7 Å². The lowest BCUT2D eigenvalue weighted by atomic mass is 9.96. The van der Waals surface area contributed by atoms with Crippen molar-refractivity contribution in [3.05, 3.63) is 76.3 Å². The van der Waals surface area contributed by atoms with Crippen LogP contribution in [0.5, 0.6) is 0 Å². The largest absolute Gasteiger partial charge is 0.347 e. The van der Waals surface area contributed by atoms with Crippen molar-refractivity contribution in [2.75, 3.05) is 0 Å². The van der Waals surface area contributed by atoms with Crippen LogP contribution in [0.1, 0.15) is 31.0 Å². The molecule has 5 nitrogen and oxygen atoms in total. The van der Waals surface area contributed by atoms with Gasteiger partial charge in [-0.15, -0.1) is 0 Å². The van der Waals surface area contributed by atoms with Crippen molar-refractivity contribution in [1.82, 2.24) is 14.9 Å². The van der Waals surface area contributed by atoms with E-state index in [1.807, 2.05) is 49.4 Å². The molecule has 134 valence electrons. The Morgan fingerprint density at radius 3 is 2.58 bits per heavy atom. The highest BCUT2D eigenvalue weighted by Gasteiger charge is 2.18. The summed E-state index contributed by atoms with van der Waals surface area (Å²) in [7, 11) is 0. The number of rotatable bonds is 5. The van der Waals surface area contributed by atoms with E-state index in [9.17, 15) is 9.59 Å². The van der Waals surface area contributed by atoms with E-state index in [1.165, 1.54) is 10.9 Å². The zero-order valence-electron chi connectivity index (χ0n) is 15.3. The number of carbonyl (C=O) groups is 1. The molecular weight excluding hydrogens is 326 g/mol. The van der Waals surface area contributed by atoms with Gasteiger partial charge in [-0.25, -0.2) is 4.98 Å². The molecular formula is C21H23N3O2. The third kappa shape index (κ3) is 3.82. The fourth-order valence-corrected chi connectivity index (χ4v) is 3.05. The Bertz CT molecular complexity index is 977. The van der Waals surface area contributed by atoms with Crippen LogP contribution in [0.4, 0.5) is 0 Å². The van der Waals surface area contributed by atoms with Gasteiger partial charge in [-0.3, -0.25) is 14.2 Å². The second-order valence-electron chi connectivity index (χ2n) is 6.90. The van der Waals surface area contributed by atoms with E-state index >= 15 is 0 Å². The first-order chi connectivity index (χ1) is 12.5. The number of hydrogen-bond acceptors (Lipinski definition) is 3. The lowest BCUT2D eigenvalue weighted by molar-refractivity contribution is -0.122. The number of aromatic nitrogens is 2. The van der Waals surface area contributed by atoms with Gasteiger partial charge in [0.1, 0.15) is 6.54 Å². The molecule has 0 radical (unpaired) electrons. The molecule has 3 aromatic rings. The van der Waals surface area contributed by atoms with Crippen LogP contribution in [0, 0.1) is 12.8 Å². The van der Waals surface area contributed by atoms with Gasteiger partial charge in [-0.2, -0.15) is 0 Å². The van der Waals surface area contributed by atoms with E-state index in [0.29, 0.717) is 10.9 Å². The molecule has 0 aliphatic rings. The Morgan fingerprint density at radius 2 is 1.88 bits per heavy atom. The van der Waals surface area contributed by atoms with Crippen molar-refractivity contribution in [3.8, 4) is 0 Å². The number of benzene rings is 2. The van der Waals surface area contributed by atoms with Crippen molar-refractivity contribution in [3.63, 3.8) is 0 Å². The molecule has 1 unspecified atom stereocenters. The van der Waals surface area contributed by atoms with E-state index in [0.717, 1.165) is 11.1 Å². The van der Waals surface area contributed by atoms with Gasteiger partial charge in [-0.1, -0.05) is 55.8 Å². The number of nitrogens with one attached hydrogen (secondary N) is 1. The van der Waals surface area contributed by atoms with Gasteiger partial charge in [0, 0.05) is 0 Å². The molecule has 2 aromatic carbocycles. The molecule has 1 N–H and O–H groups in total. The number of nitrogens with zero attached hydrogens (tertiary/aromatic N) is 2. The van der Waals surface area contributed by atoms with Gasteiger partial charge in [-0.05, 0) is 30.5 Å².